The Bertz CT molecular complexity index is 1430. The first-order valence-corrected chi connectivity index (χ1v) is 12.3. The van der Waals surface area contributed by atoms with Gasteiger partial charge in [0.2, 0.25) is 0 Å². The van der Waals surface area contributed by atoms with Crippen molar-refractivity contribution in [3.05, 3.63) is 91.6 Å². The molecule has 0 radical (unpaired) electrons. The molecule has 184 valence electrons. The van der Waals surface area contributed by atoms with Gasteiger partial charge in [-0.3, -0.25) is 14.9 Å². The minimum absolute atomic E-state index is 0.0665. The molecule has 0 unspecified atom stereocenters. The van der Waals surface area contributed by atoms with E-state index in [4.69, 9.17) is 44.9 Å². The highest BCUT2D eigenvalue weighted by Gasteiger charge is 2.35. The van der Waals surface area contributed by atoms with Crippen molar-refractivity contribution in [1.82, 2.24) is 5.32 Å². The van der Waals surface area contributed by atoms with Gasteiger partial charge in [0.25, 0.3) is 11.8 Å². The van der Waals surface area contributed by atoms with Crippen molar-refractivity contribution in [2.24, 2.45) is 0 Å². The van der Waals surface area contributed by atoms with E-state index in [1.807, 2.05) is 0 Å². The molecule has 4 rings (SSSR count). The van der Waals surface area contributed by atoms with Gasteiger partial charge in [0.1, 0.15) is 18.0 Å². The van der Waals surface area contributed by atoms with Crippen LogP contribution in [0.25, 0.3) is 6.08 Å². The van der Waals surface area contributed by atoms with Gasteiger partial charge in [-0.1, -0.05) is 41.4 Å². The Morgan fingerprint density at radius 2 is 1.86 bits per heavy atom. The van der Waals surface area contributed by atoms with Crippen LogP contribution in [0.4, 0.5) is 10.1 Å². The van der Waals surface area contributed by atoms with E-state index in [-0.39, 0.29) is 23.0 Å². The van der Waals surface area contributed by atoms with Gasteiger partial charge in [0.15, 0.2) is 16.6 Å². The molecule has 1 heterocycles. The second-order valence-corrected chi connectivity index (χ2v) is 9.54. The molecule has 1 fully saturated rings. The molecule has 11 heteroatoms. The van der Waals surface area contributed by atoms with Crippen molar-refractivity contribution in [2.75, 3.05) is 12.0 Å². The van der Waals surface area contributed by atoms with E-state index in [9.17, 15) is 14.0 Å². The summed E-state index contributed by atoms with van der Waals surface area (Å²) in [4.78, 5) is 26.7. The van der Waals surface area contributed by atoms with Crippen molar-refractivity contribution < 1.29 is 23.5 Å². The second-order valence-electron chi connectivity index (χ2n) is 7.48. The zero-order valence-corrected chi connectivity index (χ0v) is 22.4. The van der Waals surface area contributed by atoms with Crippen LogP contribution in [0.15, 0.2) is 64.6 Å². The topological polar surface area (TPSA) is 67.9 Å². The first-order valence-electron chi connectivity index (χ1n) is 10.3. The van der Waals surface area contributed by atoms with Crippen molar-refractivity contribution in [3.8, 4) is 11.5 Å². The third-order valence-corrected chi connectivity index (χ3v) is 6.74. The Morgan fingerprint density at radius 1 is 1.11 bits per heavy atom. The smallest absolute Gasteiger partial charge is 0.270 e. The molecule has 3 aromatic rings. The highest BCUT2D eigenvalue weighted by Crippen LogP contribution is 2.38. The summed E-state index contributed by atoms with van der Waals surface area (Å²) in [7, 11) is 1.46. The fourth-order valence-corrected chi connectivity index (χ4v) is 4.59. The maximum atomic E-state index is 14.4. The maximum Gasteiger partial charge on any atom is 0.270 e. The predicted molar refractivity (Wildman–Crippen MR) is 144 cm³/mol. The summed E-state index contributed by atoms with van der Waals surface area (Å²) in [6.45, 7) is 0.183. The van der Waals surface area contributed by atoms with E-state index >= 15 is 0 Å². The summed E-state index contributed by atoms with van der Waals surface area (Å²) in [5.74, 6) is -1.37. The molecule has 0 spiro atoms. The van der Waals surface area contributed by atoms with Gasteiger partial charge in [0, 0.05) is 0 Å². The molecular weight excluding hydrogens is 594 g/mol. The van der Waals surface area contributed by atoms with Crippen LogP contribution in [0, 0.1) is 5.82 Å². The zero-order chi connectivity index (χ0) is 26.0. The third-order valence-electron chi connectivity index (χ3n) is 5.12. The number of nitrogens with one attached hydrogen (secondary N) is 1. The van der Waals surface area contributed by atoms with Gasteiger partial charge in [0.05, 0.1) is 27.3 Å². The lowest BCUT2D eigenvalue weighted by molar-refractivity contribution is -0.122. The lowest BCUT2D eigenvalue weighted by Crippen LogP contribution is -2.54. The molecular formula is C25H16BrCl2FN2O4S. The van der Waals surface area contributed by atoms with Crippen LogP contribution in [0.5, 0.6) is 11.5 Å². The molecule has 0 aliphatic carbocycles. The zero-order valence-electron chi connectivity index (χ0n) is 18.5. The summed E-state index contributed by atoms with van der Waals surface area (Å²) in [6, 6.07) is 14.1. The van der Waals surface area contributed by atoms with Gasteiger partial charge in [-0.2, -0.15) is 0 Å². The van der Waals surface area contributed by atoms with Crippen LogP contribution in [-0.2, 0) is 16.2 Å². The van der Waals surface area contributed by atoms with Crippen molar-refractivity contribution in [2.45, 2.75) is 6.61 Å². The fraction of sp³-hybridized carbons (Fsp3) is 0.0800. The molecule has 0 saturated carbocycles. The summed E-state index contributed by atoms with van der Waals surface area (Å²) >= 11 is 20.6. The molecule has 1 aliphatic heterocycles. The number of hydrogen-bond donors (Lipinski definition) is 1. The Kier molecular flexibility index (Phi) is 7.94. The predicted octanol–water partition coefficient (Wildman–Crippen LogP) is 6.31. The molecule has 36 heavy (non-hydrogen) atoms. The standard InChI is InChI=1S/C25H16BrCl2FN2O4S/c1-34-21-11-14(9-16(26)22(21)35-12-13-6-7-17(27)18(28)10-13)8-15-23(32)30-25(36)31(24(15)33)20-5-3-2-4-19(20)29/h2-11H,12H2,1H3,(H,30,32,36)/b15-8+. The number of methoxy groups -OCH3 is 1. The molecule has 6 nitrogen and oxygen atoms in total. The Hall–Kier alpha value is -2.98. The summed E-state index contributed by atoms with van der Waals surface area (Å²) in [5.41, 5.74) is 0.951. The summed E-state index contributed by atoms with van der Waals surface area (Å²) < 4.78 is 26.3. The lowest BCUT2D eigenvalue weighted by Gasteiger charge is -2.29. The minimum Gasteiger partial charge on any atom is -0.493 e. The van der Waals surface area contributed by atoms with E-state index in [0.29, 0.717) is 31.6 Å². The van der Waals surface area contributed by atoms with E-state index in [1.165, 1.54) is 31.4 Å². The number of carbonyl (C=O) groups excluding carboxylic acids is 2. The van der Waals surface area contributed by atoms with Gasteiger partial charge in [-0.15, -0.1) is 0 Å². The highest BCUT2D eigenvalue weighted by atomic mass is 79.9. The molecule has 0 bridgehead atoms. The van der Waals surface area contributed by atoms with Crippen molar-refractivity contribution in [1.29, 1.82) is 0 Å². The number of amides is 2. The number of carbonyl (C=O) groups is 2. The highest BCUT2D eigenvalue weighted by molar-refractivity contribution is 9.10. The summed E-state index contributed by atoms with van der Waals surface area (Å²) in [5, 5.41) is 3.07. The van der Waals surface area contributed by atoms with Crippen LogP contribution >= 0.6 is 51.3 Å². The van der Waals surface area contributed by atoms with Gasteiger partial charge in [-0.25, -0.2) is 9.29 Å². The molecule has 1 saturated heterocycles. The first kappa shape index (κ1) is 26.1. The Morgan fingerprint density at radius 3 is 2.56 bits per heavy atom. The van der Waals surface area contributed by atoms with Crippen molar-refractivity contribution in [3.63, 3.8) is 0 Å². The number of ether oxygens (including phenoxy) is 2. The lowest BCUT2D eigenvalue weighted by atomic mass is 10.1. The number of halogens is 4. The molecule has 1 aliphatic rings. The Balaban J connectivity index is 1.64. The van der Waals surface area contributed by atoms with Crippen LogP contribution in [0.3, 0.4) is 0 Å². The molecule has 0 atom stereocenters. The molecule has 3 aromatic carbocycles. The van der Waals surface area contributed by atoms with Gasteiger partial charge < -0.3 is 9.47 Å². The number of thiocarbonyl (C=S) groups is 1. The van der Waals surface area contributed by atoms with Crippen LogP contribution < -0.4 is 19.7 Å². The van der Waals surface area contributed by atoms with Crippen LogP contribution in [0.2, 0.25) is 10.0 Å². The molecule has 1 N–H and O–H groups in total. The minimum atomic E-state index is -0.760. The normalized spacial score (nSPS) is 14.8. The van der Waals surface area contributed by atoms with Gasteiger partial charge in [-0.05, 0) is 81.7 Å². The van der Waals surface area contributed by atoms with Crippen LogP contribution in [-0.4, -0.2) is 24.0 Å². The maximum absolute atomic E-state index is 14.4. The fourth-order valence-electron chi connectivity index (χ4n) is 3.42. The van der Waals surface area contributed by atoms with Gasteiger partial charge >= 0.3 is 0 Å². The molecule has 2 amide bonds. The van der Waals surface area contributed by atoms with Crippen molar-refractivity contribution >= 4 is 80.0 Å². The number of para-hydroxylation sites is 1. The quantitative estimate of drug-likeness (QED) is 0.201. The summed E-state index contributed by atoms with van der Waals surface area (Å²) in [6.07, 6.45) is 1.36. The number of nitrogens with zero attached hydrogens (tertiary/aromatic N) is 1. The number of anilines is 1. The number of rotatable bonds is 6. The average Bonchev–Trinajstić information content (AvgIpc) is 2.84. The average molecular weight is 610 g/mol. The SMILES string of the molecule is COc1cc(/C=C2\C(=O)NC(=S)N(c3ccccc3F)C2=O)cc(Br)c1OCc1ccc(Cl)c(Cl)c1. The molecule has 0 aromatic heterocycles. The number of hydrogen-bond acceptors (Lipinski definition) is 5. The third kappa shape index (κ3) is 5.39. The van der Waals surface area contributed by atoms with E-state index in [0.717, 1.165) is 10.5 Å². The van der Waals surface area contributed by atoms with E-state index < -0.39 is 17.6 Å². The van der Waals surface area contributed by atoms with Crippen LogP contribution in [0.1, 0.15) is 11.1 Å². The van der Waals surface area contributed by atoms with E-state index in [1.54, 1.807) is 36.4 Å². The van der Waals surface area contributed by atoms with E-state index in [2.05, 4.69) is 21.2 Å². The largest absolute Gasteiger partial charge is 0.493 e. The first-order chi connectivity index (χ1) is 17.2. The second kappa shape index (κ2) is 11.0. The number of benzene rings is 3. The Labute approximate surface area is 229 Å². The monoisotopic (exact) mass is 608 g/mol.